The predicted molar refractivity (Wildman–Crippen MR) is 103 cm³/mol. The summed E-state index contributed by atoms with van der Waals surface area (Å²) in [5.74, 6) is -0.723. The second-order valence-corrected chi connectivity index (χ2v) is 7.37. The number of likely N-dealkylation sites (tertiary alicyclic amines) is 1. The summed E-state index contributed by atoms with van der Waals surface area (Å²) in [5.41, 5.74) is 7.52. The Morgan fingerprint density at radius 2 is 1.96 bits per heavy atom. The first-order valence-corrected chi connectivity index (χ1v) is 8.92. The Bertz CT molecular complexity index is 1060. The van der Waals surface area contributed by atoms with Crippen molar-refractivity contribution in [1.82, 2.24) is 20.3 Å². The molecule has 3 aromatic rings. The van der Waals surface area contributed by atoms with Crippen molar-refractivity contribution in [2.75, 3.05) is 18.4 Å². The summed E-state index contributed by atoms with van der Waals surface area (Å²) >= 11 is 0. The summed E-state index contributed by atoms with van der Waals surface area (Å²) in [7, 11) is 0. The lowest BCUT2D eigenvalue weighted by Crippen LogP contribution is -2.70. The van der Waals surface area contributed by atoms with Crippen molar-refractivity contribution in [3.63, 3.8) is 0 Å². The second kappa shape index (κ2) is 6.54. The van der Waals surface area contributed by atoms with Crippen LogP contribution in [0.2, 0.25) is 0 Å². The van der Waals surface area contributed by atoms with Crippen LogP contribution in [0.1, 0.15) is 22.8 Å². The van der Waals surface area contributed by atoms with Crippen molar-refractivity contribution < 1.29 is 14.3 Å². The molecule has 9 heteroatoms. The predicted octanol–water partition coefficient (Wildman–Crippen LogP) is 1.68. The lowest BCUT2D eigenvalue weighted by atomic mass is 9.87. The van der Waals surface area contributed by atoms with E-state index in [0.29, 0.717) is 22.3 Å². The maximum absolute atomic E-state index is 14.3. The van der Waals surface area contributed by atoms with Gasteiger partial charge in [-0.2, -0.15) is 15.4 Å². The van der Waals surface area contributed by atoms with Crippen LogP contribution in [0.4, 0.5) is 15.8 Å². The fraction of sp³-hybridized carbons (Fsp3) is 0.316. The minimum atomic E-state index is -1.09. The number of nitrogens with one attached hydrogen (secondary N) is 2. The average Bonchev–Trinajstić information content (AvgIpc) is 3.07. The standard InChI is InChI=1S/C19H21FN6O2/c1-10-3-4-14(13(20)5-10)22-15-7-17-16(23-25-24-17)6-12(15)18(27)26-8-19(28,9-26)11(2)21/h3-7,11,22,28H,8-9,21H2,1-2H3,(H,23,24,25). The molecule has 5 N–H and O–H groups in total. The Labute approximate surface area is 160 Å². The Kier molecular flexibility index (Phi) is 4.28. The molecule has 8 nitrogen and oxygen atoms in total. The van der Waals surface area contributed by atoms with Crippen LogP contribution in [0.5, 0.6) is 0 Å². The number of benzene rings is 2. The van der Waals surface area contributed by atoms with Gasteiger partial charge in [0.05, 0.1) is 30.0 Å². The number of hydrogen-bond donors (Lipinski definition) is 4. The monoisotopic (exact) mass is 384 g/mol. The van der Waals surface area contributed by atoms with Gasteiger partial charge in [0.15, 0.2) is 0 Å². The van der Waals surface area contributed by atoms with E-state index in [4.69, 9.17) is 5.73 Å². The van der Waals surface area contributed by atoms with Gasteiger partial charge in [-0.25, -0.2) is 4.39 Å². The van der Waals surface area contributed by atoms with E-state index in [1.807, 2.05) is 0 Å². The number of rotatable bonds is 4. The van der Waals surface area contributed by atoms with Gasteiger partial charge in [0.25, 0.3) is 5.91 Å². The summed E-state index contributed by atoms with van der Waals surface area (Å²) < 4.78 is 14.3. The Morgan fingerprint density at radius 1 is 1.29 bits per heavy atom. The molecule has 4 rings (SSSR count). The number of H-pyrrole nitrogens is 1. The van der Waals surface area contributed by atoms with Crippen LogP contribution in [0.3, 0.4) is 0 Å². The van der Waals surface area contributed by atoms with E-state index < -0.39 is 17.5 Å². The summed E-state index contributed by atoms with van der Waals surface area (Å²) in [6, 6.07) is 7.59. The summed E-state index contributed by atoms with van der Waals surface area (Å²) in [5, 5.41) is 23.9. The molecule has 1 amide bonds. The van der Waals surface area contributed by atoms with Gasteiger partial charge in [0.1, 0.15) is 22.5 Å². The third kappa shape index (κ3) is 3.08. The third-order valence-corrected chi connectivity index (χ3v) is 5.14. The summed E-state index contributed by atoms with van der Waals surface area (Å²) in [4.78, 5) is 14.5. The highest BCUT2D eigenvalue weighted by molar-refractivity contribution is 6.04. The number of carbonyl (C=O) groups is 1. The molecule has 1 aliphatic rings. The molecule has 1 aliphatic heterocycles. The molecular weight excluding hydrogens is 363 g/mol. The van der Waals surface area contributed by atoms with Crippen molar-refractivity contribution in [3.05, 3.63) is 47.3 Å². The first-order valence-electron chi connectivity index (χ1n) is 8.92. The van der Waals surface area contributed by atoms with Gasteiger partial charge < -0.3 is 21.1 Å². The van der Waals surface area contributed by atoms with Gasteiger partial charge in [0.2, 0.25) is 0 Å². The molecule has 1 unspecified atom stereocenters. The molecule has 2 aromatic carbocycles. The third-order valence-electron chi connectivity index (χ3n) is 5.14. The Morgan fingerprint density at radius 3 is 2.61 bits per heavy atom. The molecule has 0 aliphatic carbocycles. The van der Waals surface area contributed by atoms with E-state index in [9.17, 15) is 14.3 Å². The van der Waals surface area contributed by atoms with Crippen molar-refractivity contribution in [2.45, 2.75) is 25.5 Å². The summed E-state index contributed by atoms with van der Waals surface area (Å²) in [6.07, 6.45) is 0. The lowest BCUT2D eigenvalue weighted by Gasteiger charge is -2.48. The van der Waals surface area contributed by atoms with E-state index in [1.54, 1.807) is 38.1 Å². The normalized spacial score (nSPS) is 16.7. The van der Waals surface area contributed by atoms with E-state index in [2.05, 4.69) is 20.7 Å². The van der Waals surface area contributed by atoms with Crippen molar-refractivity contribution in [3.8, 4) is 0 Å². The molecule has 1 saturated heterocycles. The number of halogens is 1. The Hall–Kier alpha value is -3.04. The van der Waals surface area contributed by atoms with Gasteiger partial charge in [-0.15, -0.1) is 0 Å². The van der Waals surface area contributed by atoms with Gasteiger partial charge in [-0.05, 0) is 43.7 Å². The molecule has 146 valence electrons. The van der Waals surface area contributed by atoms with Gasteiger partial charge >= 0.3 is 0 Å². The zero-order chi connectivity index (χ0) is 20.1. The highest BCUT2D eigenvalue weighted by Crippen LogP contribution is 2.31. The number of carbonyl (C=O) groups excluding carboxylic acids is 1. The number of nitrogens with two attached hydrogens (primary N) is 1. The average molecular weight is 384 g/mol. The molecule has 0 radical (unpaired) electrons. The number of hydrogen-bond acceptors (Lipinski definition) is 6. The van der Waals surface area contributed by atoms with Gasteiger partial charge in [-0.3, -0.25) is 4.79 Å². The maximum Gasteiger partial charge on any atom is 0.256 e. The highest BCUT2D eigenvalue weighted by Gasteiger charge is 2.46. The molecule has 1 atom stereocenters. The SMILES string of the molecule is Cc1ccc(Nc2cc3n[nH]nc3cc2C(=O)N2CC(O)(C(C)N)C2)c(F)c1. The molecule has 1 fully saturated rings. The van der Waals surface area contributed by atoms with Crippen LogP contribution < -0.4 is 11.1 Å². The van der Waals surface area contributed by atoms with Crippen LogP contribution in [0.25, 0.3) is 11.0 Å². The number of aromatic nitrogens is 3. The van der Waals surface area contributed by atoms with E-state index in [-0.39, 0.29) is 24.7 Å². The number of aliphatic hydroxyl groups is 1. The largest absolute Gasteiger partial charge is 0.385 e. The molecule has 0 saturated carbocycles. The number of amides is 1. The first kappa shape index (κ1) is 18.3. The molecule has 0 spiro atoms. The zero-order valence-electron chi connectivity index (χ0n) is 15.5. The number of aromatic amines is 1. The molecule has 1 aromatic heterocycles. The van der Waals surface area contributed by atoms with Gasteiger partial charge in [-0.1, -0.05) is 6.07 Å². The number of nitrogens with zero attached hydrogens (tertiary/aromatic N) is 3. The second-order valence-electron chi connectivity index (χ2n) is 7.37. The minimum absolute atomic E-state index is 0.138. The number of fused-ring (bicyclic) bond motifs is 1. The number of anilines is 2. The Balaban J connectivity index is 1.69. The fourth-order valence-corrected chi connectivity index (χ4v) is 3.25. The number of β-amino-alcohol motifs (C(OH)–C–C–N with tert-alkyl or cyclic N) is 1. The van der Waals surface area contributed by atoms with Crippen molar-refractivity contribution >= 4 is 28.3 Å². The summed E-state index contributed by atoms with van der Waals surface area (Å²) in [6.45, 7) is 3.78. The maximum atomic E-state index is 14.3. The quantitative estimate of drug-likeness (QED) is 0.543. The topological polar surface area (TPSA) is 120 Å². The highest BCUT2D eigenvalue weighted by atomic mass is 19.1. The van der Waals surface area contributed by atoms with E-state index in [1.165, 1.54) is 11.0 Å². The van der Waals surface area contributed by atoms with Crippen LogP contribution >= 0.6 is 0 Å². The van der Waals surface area contributed by atoms with Gasteiger partial charge in [0, 0.05) is 6.04 Å². The van der Waals surface area contributed by atoms with Crippen molar-refractivity contribution in [2.24, 2.45) is 5.73 Å². The van der Waals surface area contributed by atoms with E-state index >= 15 is 0 Å². The molecule has 28 heavy (non-hydrogen) atoms. The first-order chi connectivity index (χ1) is 13.3. The smallest absolute Gasteiger partial charge is 0.256 e. The molecular formula is C19H21FN6O2. The molecule has 2 heterocycles. The lowest BCUT2D eigenvalue weighted by molar-refractivity contribution is -0.0931. The van der Waals surface area contributed by atoms with Crippen LogP contribution in [-0.2, 0) is 0 Å². The minimum Gasteiger partial charge on any atom is -0.385 e. The van der Waals surface area contributed by atoms with Crippen LogP contribution in [0.15, 0.2) is 30.3 Å². The zero-order valence-corrected chi connectivity index (χ0v) is 15.5. The molecule has 0 bridgehead atoms. The van der Waals surface area contributed by atoms with Crippen molar-refractivity contribution in [1.29, 1.82) is 0 Å². The van der Waals surface area contributed by atoms with Crippen LogP contribution in [0, 0.1) is 12.7 Å². The van der Waals surface area contributed by atoms with Crippen LogP contribution in [-0.4, -0.2) is 56.1 Å². The fourth-order valence-electron chi connectivity index (χ4n) is 3.25. The number of aryl methyl sites for hydroxylation is 1. The van der Waals surface area contributed by atoms with E-state index in [0.717, 1.165) is 5.56 Å².